The van der Waals surface area contributed by atoms with Gasteiger partial charge in [0.1, 0.15) is 0 Å². The fraction of sp³-hybridized carbons (Fsp3) is 1.00. The lowest BCUT2D eigenvalue weighted by Crippen LogP contribution is -2.20. The van der Waals surface area contributed by atoms with Gasteiger partial charge in [0.05, 0.1) is 0 Å². The van der Waals surface area contributed by atoms with Crippen LogP contribution in [0.3, 0.4) is 0 Å². The highest BCUT2D eigenvalue weighted by molar-refractivity contribution is 4.52. The summed E-state index contributed by atoms with van der Waals surface area (Å²) >= 11 is 0. The van der Waals surface area contributed by atoms with E-state index < -0.39 is 0 Å². The van der Waals surface area contributed by atoms with E-state index in [1.54, 1.807) is 0 Å². The van der Waals surface area contributed by atoms with E-state index in [0.717, 1.165) is 0 Å². The summed E-state index contributed by atoms with van der Waals surface area (Å²) in [6.45, 7) is 16.4. The number of nitrogens with one attached hydrogen (secondary N) is 1. The van der Waals surface area contributed by atoms with Crippen LogP contribution < -0.4 is 5.32 Å². The first-order valence-electron chi connectivity index (χ1n) is 5.98. The monoisotopic (exact) mass is 191 g/mol. The lowest BCUT2D eigenvalue weighted by Gasteiger charge is -2.05. The van der Waals surface area contributed by atoms with Crippen LogP contribution in [0.4, 0.5) is 0 Å². The molecule has 0 aliphatic carbocycles. The van der Waals surface area contributed by atoms with Gasteiger partial charge < -0.3 is 5.32 Å². The Labute approximate surface area is 87.3 Å². The minimum atomic E-state index is 0.699. The molecule has 0 aromatic rings. The van der Waals surface area contributed by atoms with Crippen molar-refractivity contribution in [1.82, 2.24) is 5.32 Å². The van der Waals surface area contributed by atoms with Crippen LogP contribution in [0.2, 0.25) is 0 Å². The van der Waals surface area contributed by atoms with Gasteiger partial charge in [-0.15, -0.1) is 0 Å². The van der Waals surface area contributed by atoms with Gasteiger partial charge in [0.25, 0.3) is 0 Å². The van der Waals surface area contributed by atoms with E-state index in [-0.39, 0.29) is 0 Å². The summed E-state index contributed by atoms with van der Waals surface area (Å²) in [5, 5.41) is 3.17. The molecule has 0 amide bonds. The molecule has 0 radical (unpaired) electrons. The average Bonchev–Trinajstić information content (AvgIpc) is 2.27. The molecule has 1 nitrogen and oxygen atoms in total. The molecule has 0 heterocycles. The zero-order valence-corrected chi connectivity index (χ0v) is 11.5. The minimum absolute atomic E-state index is 0.699. The van der Waals surface area contributed by atoms with Gasteiger partial charge in [-0.2, -0.15) is 0 Å². The largest absolute Gasteiger partial charge is 0.317 e. The van der Waals surface area contributed by atoms with E-state index in [1.165, 1.54) is 12.8 Å². The molecule has 0 saturated heterocycles. The van der Waals surface area contributed by atoms with Gasteiger partial charge in [0.2, 0.25) is 0 Å². The third-order valence-corrected chi connectivity index (χ3v) is 1.21. The Morgan fingerprint density at radius 1 is 0.923 bits per heavy atom. The molecule has 0 aromatic heterocycles. The molecule has 0 aromatic carbocycles. The van der Waals surface area contributed by atoms with Crippen LogP contribution in [0.25, 0.3) is 0 Å². The Kier molecular flexibility index (Phi) is 71.8. The Hall–Kier alpha value is -0.0400. The summed E-state index contributed by atoms with van der Waals surface area (Å²) in [5.41, 5.74) is 0. The van der Waals surface area contributed by atoms with Crippen LogP contribution in [0.5, 0.6) is 0 Å². The second kappa shape index (κ2) is 40.4. The van der Waals surface area contributed by atoms with Crippen molar-refractivity contribution in [2.75, 3.05) is 7.05 Å². The topological polar surface area (TPSA) is 12.0 Å². The predicted molar refractivity (Wildman–Crippen MR) is 67.5 cm³/mol. The molecular weight excluding hydrogens is 158 g/mol. The van der Waals surface area contributed by atoms with E-state index >= 15 is 0 Å². The van der Waals surface area contributed by atoms with Gasteiger partial charge in [-0.25, -0.2) is 0 Å². The summed E-state index contributed by atoms with van der Waals surface area (Å²) in [6.07, 6.45) is 2.57. The normalized spacial score (nSPS) is 9.00. The number of hydrogen-bond donors (Lipinski definition) is 1. The molecule has 1 N–H and O–H groups in total. The summed E-state index contributed by atoms with van der Waals surface area (Å²) in [5.74, 6) is 0. The van der Waals surface area contributed by atoms with Gasteiger partial charge in [-0.05, 0) is 20.4 Å². The van der Waals surface area contributed by atoms with Gasteiger partial charge >= 0.3 is 0 Å². The zero-order chi connectivity index (χ0) is 11.7. The van der Waals surface area contributed by atoms with Crippen molar-refractivity contribution < 1.29 is 0 Å². The lowest BCUT2D eigenvalue weighted by molar-refractivity contribution is 0.557. The van der Waals surface area contributed by atoms with Gasteiger partial charge in [0.15, 0.2) is 0 Å². The first-order valence-corrected chi connectivity index (χ1v) is 5.98. The molecule has 1 heteroatoms. The standard InChI is InChI=1S/C6H15N.3C2H6/c1-4-5-6(2)7-3;3*1-2/h6-7H,4-5H2,1-3H3;3*1-2H3. The van der Waals surface area contributed by atoms with Crippen molar-refractivity contribution in [1.29, 1.82) is 0 Å². The molecule has 86 valence electrons. The Balaban J connectivity index is -0.0000000573. The van der Waals surface area contributed by atoms with Crippen molar-refractivity contribution in [3.05, 3.63) is 0 Å². The van der Waals surface area contributed by atoms with Gasteiger partial charge in [-0.1, -0.05) is 54.9 Å². The molecular formula is C12H33N. The average molecular weight is 191 g/mol. The second-order valence-electron chi connectivity index (χ2n) is 1.98. The summed E-state index contributed by atoms with van der Waals surface area (Å²) in [7, 11) is 2.00. The van der Waals surface area contributed by atoms with Crippen molar-refractivity contribution in [2.24, 2.45) is 0 Å². The van der Waals surface area contributed by atoms with E-state index in [4.69, 9.17) is 0 Å². The smallest absolute Gasteiger partial charge is 0.00356 e. The third-order valence-electron chi connectivity index (χ3n) is 1.21. The van der Waals surface area contributed by atoms with Crippen molar-refractivity contribution >= 4 is 0 Å². The van der Waals surface area contributed by atoms with Crippen LogP contribution in [-0.4, -0.2) is 13.1 Å². The highest BCUT2D eigenvalue weighted by Crippen LogP contribution is 1.91. The molecule has 0 saturated carbocycles. The molecule has 13 heavy (non-hydrogen) atoms. The first kappa shape index (κ1) is 23.1. The highest BCUT2D eigenvalue weighted by Gasteiger charge is 1.91. The SMILES string of the molecule is CC.CC.CC.CCCC(C)NC. The van der Waals surface area contributed by atoms with Gasteiger partial charge in [-0.3, -0.25) is 0 Å². The Bertz CT molecular complexity index is 36.1. The maximum absolute atomic E-state index is 3.17. The van der Waals surface area contributed by atoms with Crippen LogP contribution in [-0.2, 0) is 0 Å². The fourth-order valence-electron chi connectivity index (χ4n) is 0.577. The molecule has 0 fully saturated rings. The van der Waals surface area contributed by atoms with E-state index in [2.05, 4.69) is 19.2 Å². The van der Waals surface area contributed by atoms with Crippen LogP contribution in [0, 0.1) is 0 Å². The predicted octanol–water partition coefficient (Wildman–Crippen LogP) is 4.47. The molecule has 0 aliphatic rings. The quantitative estimate of drug-likeness (QED) is 0.694. The van der Waals surface area contributed by atoms with Crippen molar-refractivity contribution in [3.8, 4) is 0 Å². The molecule has 0 aliphatic heterocycles. The van der Waals surface area contributed by atoms with Crippen molar-refractivity contribution in [3.63, 3.8) is 0 Å². The summed E-state index contributed by atoms with van der Waals surface area (Å²) in [4.78, 5) is 0. The van der Waals surface area contributed by atoms with E-state index in [1.807, 2.05) is 48.6 Å². The summed E-state index contributed by atoms with van der Waals surface area (Å²) < 4.78 is 0. The third kappa shape index (κ3) is 48.2. The fourth-order valence-corrected chi connectivity index (χ4v) is 0.577. The number of hydrogen-bond acceptors (Lipinski definition) is 1. The lowest BCUT2D eigenvalue weighted by atomic mass is 10.2. The van der Waals surface area contributed by atoms with Gasteiger partial charge in [0, 0.05) is 6.04 Å². The van der Waals surface area contributed by atoms with Crippen molar-refractivity contribution in [2.45, 2.75) is 74.3 Å². The van der Waals surface area contributed by atoms with E-state index in [0.29, 0.717) is 6.04 Å². The van der Waals surface area contributed by atoms with Crippen LogP contribution in [0.15, 0.2) is 0 Å². The molecule has 0 bridgehead atoms. The zero-order valence-electron chi connectivity index (χ0n) is 11.5. The highest BCUT2D eigenvalue weighted by atomic mass is 14.8. The maximum atomic E-state index is 3.17. The summed E-state index contributed by atoms with van der Waals surface area (Å²) in [6, 6.07) is 0.699. The molecule has 0 spiro atoms. The maximum Gasteiger partial charge on any atom is 0.00356 e. The molecule has 1 atom stereocenters. The Morgan fingerprint density at radius 3 is 1.31 bits per heavy atom. The Morgan fingerprint density at radius 2 is 1.23 bits per heavy atom. The van der Waals surface area contributed by atoms with E-state index in [9.17, 15) is 0 Å². The minimum Gasteiger partial charge on any atom is -0.317 e. The van der Waals surface area contributed by atoms with Crippen LogP contribution >= 0.6 is 0 Å². The van der Waals surface area contributed by atoms with Crippen LogP contribution in [0.1, 0.15) is 68.2 Å². The molecule has 1 unspecified atom stereocenters. The second-order valence-corrected chi connectivity index (χ2v) is 1.98. The first-order chi connectivity index (χ1) is 6.31. The number of rotatable bonds is 3. The molecule has 0 rings (SSSR count).